The summed E-state index contributed by atoms with van der Waals surface area (Å²) in [5.41, 5.74) is 2.43. The van der Waals surface area contributed by atoms with Crippen LogP contribution < -0.4 is 9.47 Å². The molecule has 2 heterocycles. The molecule has 0 bridgehead atoms. The summed E-state index contributed by atoms with van der Waals surface area (Å²) in [6.45, 7) is 12.6. The van der Waals surface area contributed by atoms with Gasteiger partial charge >= 0.3 is 0 Å². The third kappa shape index (κ3) is 5.62. The maximum atomic E-state index is 12.7. The van der Waals surface area contributed by atoms with Crippen molar-refractivity contribution >= 4 is 5.91 Å². The van der Waals surface area contributed by atoms with Gasteiger partial charge in [-0.3, -0.25) is 14.6 Å². The molecule has 1 amide bonds. The van der Waals surface area contributed by atoms with E-state index >= 15 is 0 Å². The maximum absolute atomic E-state index is 12.7. The second kappa shape index (κ2) is 9.78. The van der Waals surface area contributed by atoms with Gasteiger partial charge in [0.25, 0.3) is 0 Å². The predicted molar refractivity (Wildman–Crippen MR) is 113 cm³/mol. The minimum absolute atomic E-state index is 0.188. The van der Waals surface area contributed by atoms with Gasteiger partial charge in [0, 0.05) is 45.8 Å². The van der Waals surface area contributed by atoms with E-state index in [0.717, 1.165) is 57.3 Å². The molecule has 2 aliphatic heterocycles. The van der Waals surface area contributed by atoms with Crippen LogP contribution >= 0.6 is 0 Å². The molecule has 1 aromatic rings. The van der Waals surface area contributed by atoms with Crippen LogP contribution in [0.5, 0.6) is 11.5 Å². The first-order chi connectivity index (χ1) is 13.9. The average Bonchev–Trinajstić information content (AvgIpc) is 2.68. The van der Waals surface area contributed by atoms with Gasteiger partial charge in [0.05, 0.1) is 33.0 Å². The largest absolute Gasteiger partial charge is 0.493 e. The van der Waals surface area contributed by atoms with Crippen LogP contribution in [-0.4, -0.2) is 92.8 Å². The van der Waals surface area contributed by atoms with Crippen molar-refractivity contribution in [3.05, 3.63) is 23.3 Å². The van der Waals surface area contributed by atoms with Crippen LogP contribution in [0.4, 0.5) is 0 Å². The molecule has 1 aromatic carbocycles. The van der Waals surface area contributed by atoms with Crippen LogP contribution in [0.25, 0.3) is 0 Å². The summed E-state index contributed by atoms with van der Waals surface area (Å²) in [6, 6.07) is 4.09. The highest BCUT2D eigenvalue weighted by molar-refractivity contribution is 5.78. The molecule has 3 rings (SSSR count). The minimum atomic E-state index is 0.188. The number of morpholine rings is 1. The van der Waals surface area contributed by atoms with Gasteiger partial charge in [-0.15, -0.1) is 0 Å². The van der Waals surface area contributed by atoms with E-state index in [4.69, 9.17) is 14.2 Å². The Bertz CT molecular complexity index is 694. The summed E-state index contributed by atoms with van der Waals surface area (Å²) in [6.07, 6.45) is 0.376. The Labute approximate surface area is 174 Å². The van der Waals surface area contributed by atoms with E-state index in [9.17, 15) is 4.79 Å². The molecule has 0 aromatic heterocycles. The highest BCUT2D eigenvalue weighted by Gasteiger charge is 2.27. The van der Waals surface area contributed by atoms with Gasteiger partial charge in [-0.2, -0.15) is 0 Å². The van der Waals surface area contributed by atoms with E-state index in [1.54, 1.807) is 14.2 Å². The van der Waals surface area contributed by atoms with Crippen molar-refractivity contribution in [1.29, 1.82) is 0 Å². The fourth-order valence-corrected chi connectivity index (χ4v) is 4.29. The topological polar surface area (TPSA) is 54.5 Å². The van der Waals surface area contributed by atoms with Crippen molar-refractivity contribution in [2.45, 2.75) is 39.5 Å². The molecule has 0 saturated carbocycles. The number of carbonyl (C=O) groups is 1. The molecular weight excluding hydrogens is 370 g/mol. The molecule has 2 atom stereocenters. The molecule has 0 radical (unpaired) electrons. The molecule has 2 unspecified atom stereocenters. The fraction of sp³-hybridized carbons (Fsp3) is 0.682. The van der Waals surface area contributed by atoms with Gasteiger partial charge < -0.3 is 19.1 Å². The van der Waals surface area contributed by atoms with Crippen LogP contribution in [0.3, 0.4) is 0 Å². The lowest BCUT2D eigenvalue weighted by Crippen LogP contribution is -2.53. The second-order valence-electron chi connectivity index (χ2n) is 8.24. The minimum Gasteiger partial charge on any atom is -0.493 e. The third-order valence-corrected chi connectivity index (χ3v) is 5.82. The zero-order valence-corrected chi connectivity index (χ0v) is 18.4. The second-order valence-corrected chi connectivity index (χ2v) is 8.24. The first-order valence-corrected chi connectivity index (χ1v) is 10.5. The molecule has 2 fully saturated rings. The quantitative estimate of drug-likeness (QED) is 0.719. The standard InChI is InChI=1S/C22H35N3O4/c1-16-10-20(27-4)21(28-5)11-19(16)14-23-6-8-25(9-7-23)22(26)15-24-12-17(2)29-18(3)13-24/h10-11,17-18H,6-9,12-15H2,1-5H3. The molecular formula is C22H35N3O4. The molecule has 7 nitrogen and oxygen atoms in total. The van der Waals surface area contributed by atoms with Gasteiger partial charge in [-0.1, -0.05) is 0 Å². The Hall–Kier alpha value is -1.83. The molecule has 7 heteroatoms. The zero-order chi connectivity index (χ0) is 21.0. The predicted octanol–water partition coefficient (Wildman–Crippen LogP) is 1.77. The molecule has 2 aliphatic rings. The Morgan fingerprint density at radius 1 is 1.00 bits per heavy atom. The van der Waals surface area contributed by atoms with Crippen LogP contribution in [-0.2, 0) is 16.1 Å². The summed E-state index contributed by atoms with van der Waals surface area (Å²) in [5.74, 6) is 1.75. The number of amides is 1. The monoisotopic (exact) mass is 405 g/mol. The van der Waals surface area contributed by atoms with Crippen molar-refractivity contribution < 1.29 is 19.0 Å². The number of methoxy groups -OCH3 is 2. The number of ether oxygens (including phenoxy) is 3. The number of carbonyl (C=O) groups excluding carboxylic acids is 1. The van der Waals surface area contributed by atoms with Crippen LogP contribution in [0.1, 0.15) is 25.0 Å². The van der Waals surface area contributed by atoms with Gasteiger partial charge in [0.1, 0.15) is 0 Å². The number of rotatable bonds is 6. The fourth-order valence-electron chi connectivity index (χ4n) is 4.29. The van der Waals surface area contributed by atoms with E-state index in [0.29, 0.717) is 6.54 Å². The Morgan fingerprint density at radius 2 is 1.59 bits per heavy atom. The van der Waals surface area contributed by atoms with Gasteiger partial charge in [-0.05, 0) is 44.0 Å². The Kier molecular flexibility index (Phi) is 7.38. The van der Waals surface area contributed by atoms with Crippen molar-refractivity contribution in [3.63, 3.8) is 0 Å². The summed E-state index contributed by atoms with van der Waals surface area (Å²) in [7, 11) is 3.32. The van der Waals surface area contributed by atoms with E-state index in [1.165, 1.54) is 11.1 Å². The van der Waals surface area contributed by atoms with Crippen molar-refractivity contribution in [1.82, 2.24) is 14.7 Å². The number of piperazine rings is 1. The van der Waals surface area contributed by atoms with Gasteiger partial charge in [0.15, 0.2) is 11.5 Å². The molecule has 29 heavy (non-hydrogen) atoms. The Morgan fingerprint density at radius 3 is 2.17 bits per heavy atom. The molecule has 0 spiro atoms. The number of hydrogen-bond acceptors (Lipinski definition) is 6. The number of aryl methyl sites for hydroxylation is 1. The van der Waals surface area contributed by atoms with E-state index in [-0.39, 0.29) is 18.1 Å². The van der Waals surface area contributed by atoms with E-state index in [1.807, 2.05) is 11.0 Å². The molecule has 0 N–H and O–H groups in total. The summed E-state index contributed by atoms with van der Waals surface area (Å²) in [5, 5.41) is 0. The van der Waals surface area contributed by atoms with Crippen molar-refractivity contribution in [2.75, 3.05) is 60.0 Å². The highest BCUT2D eigenvalue weighted by Crippen LogP contribution is 2.31. The van der Waals surface area contributed by atoms with Gasteiger partial charge in [-0.25, -0.2) is 0 Å². The lowest BCUT2D eigenvalue weighted by molar-refractivity contribution is -0.137. The number of nitrogens with zero attached hydrogens (tertiary/aromatic N) is 3. The summed E-state index contributed by atoms with van der Waals surface area (Å²) < 4.78 is 16.6. The van der Waals surface area contributed by atoms with Crippen molar-refractivity contribution in [2.24, 2.45) is 0 Å². The SMILES string of the molecule is COc1cc(C)c(CN2CCN(C(=O)CN3CC(C)OC(C)C3)CC2)cc1OC. The van der Waals surface area contributed by atoms with E-state index in [2.05, 4.69) is 36.6 Å². The van der Waals surface area contributed by atoms with Crippen LogP contribution in [0.15, 0.2) is 12.1 Å². The van der Waals surface area contributed by atoms with E-state index < -0.39 is 0 Å². The van der Waals surface area contributed by atoms with Gasteiger partial charge in [0.2, 0.25) is 5.91 Å². The summed E-state index contributed by atoms with van der Waals surface area (Å²) in [4.78, 5) is 19.4. The maximum Gasteiger partial charge on any atom is 0.236 e. The smallest absolute Gasteiger partial charge is 0.236 e. The zero-order valence-electron chi connectivity index (χ0n) is 18.4. The first kappa shape index (κ1) is 21.9. The van der Waals surface area contributed by atoms with Crippen LogP contribution in [0.2, 0.25) is 0 Å². The third-order valence-electron chi connectivity index (χ3n) is 5.82. The normalized spacial score (nSPS) is 23.8. The number of benzene rings is 1. The molecule has 2 saturated heterocycles. The highest BCUT2D eigenvalue weighted by atomic mass is 16.5. The lowest BCUT2D eigenvalue weighted by atomic mass is 10.1. The summed E-state index contributed by atoms with van der Waals surface area (Å²) >= 11 is 0. The van der Waals surface area contributed by atoms with Crippen LogP contribution in [0, 0.1) is 6.92 Å². The lowest BCUT2D eigenvalue weighted by Gasteiger charge is -2.38. The first-order valence-electron chi connectivity index (χ1n) is 10.5. The molecule has 0 aliphatic carbocycles. The molecule has 162 valence electrons. The average molecular weight is 406 g/mol. The number of hydrogen-bond donors (Lipinski definition) is 0. The Balaban J connectivity index is 1.51. The van der Waals surface area contributed by atoms with Crippen molar-refractivity contribution in [3.8, 4) is 11.5 Å².